The van der Waals surface area contributed by atoms with Gasteiger partial charge in [0.2, 0.25) is 0 Å². The second kappa shape index (κ2) is 6.28. The number of nitro groups is 1. The molecule has 1 saturated heterocycles. The SMILES string of the molecule is Cc1cc([N+](=O)[O-])ccc1NC1CCCN(c2cnn(C)c2)C1. The summed E-state index contributed by atoms with van der Waals surface area (Å²) in [5.74, 6) is 0. The normalized spacial score (nSPS) is 18.0. The highest BCUT2D eigenvalue weighted by atomic mass is 16.6. The van der Waals surface area contributed by atoms with Crippen LogP contribution < -0.4 is 10.2 Å². The first-order valence-corrected chi connectivity index (χ1v) is 7.78. The lowest BCUT2D eigenvalue weighted by molar-refractivity contribution is -0.384. The van der Waals surface area contributed by atoms with Crippen LogP contribution in [-0.2, 0) is 7.05 Å². The van der Waals surface area contributed by atoms with Crippen LogP contribution in [0.25, 0.3) is 0 Å². The Morgan fingerprint density at radius 2 is 2.26 bits per heavy atom. The van der Waals surface area contributed by atoms with Gasteiger partial charge in [-0.05, 0) is 31.4 Å². The Morgan fingerprint density at radius 1 is 1.43 bits per heavy atom. The number of nitrogens with zero attached hydrogens (tertiary/aromatic N) is 4. The summed E-state index contributed by atoms with van der Waals surface area (Å²) in [6.07, 6.45) is 6.12. The zero-order chi connectivity index (χ0) is 16.4. The van der Waals surface area contributed by atoms with E-state index in [0.717, 1.165) is 42.9 Å². The van der Waals surface area contributed by atoms with Gasteiger partial charge >= 0.3 is 0 Å². The molecule has 1 N–H and O–H groups in total. The van der Waals surface area contributed by atoms with Gasteiger partial charge in [-0.2, -0.15) is 5.10 Å². The average molecular weight is 315 g/mol. The van der Waals surface area contributed by atoms with Crippen molar-refractivity contribution in [3.63, 3.8) is 0 Å². The Bertz CT molecular complexity index is 712. The van der Waals surface area contributed by atoms with E-state index >= 15 is 0 Å². The quantitative estimate of drug-likeness (QED) is 0.693. The summed E-state index contributed by atoms with van der Waals surface area (Å²) in [7, 11) is 1.92. The second-order valence-electron chi connectivity index (χ2n) is 6.06. The lowest BCUT2D eigenvalue weighted by Gasteiger charge is -2.34. The molecule has 1 atom stereocenters. The molecule has 0 aliphatic carbocycles. The highest BCUT2D eigenvalue weighted by Gasteiger charge is 2.21. The monoisotopic (exact) mass is 315 g/mol. The number of anilines is 2. The van der Waals surface area contributed by atoms with Gasteiger partial charge in [-0.15, -0.1) is 0 Å². The zero-order valence-corrected chi connectivity index (χ0v) is 13.4. The van der Waals surface area contributed by atoms with Crippen molar-refractivity contribution in [2.45, 2.75) is 25.8 Å². The summed E-state index contributed by atoms with van der Waals surface area (Å²) < 4.78 is 1.81. The van der Waals surface area contributed by atoms with E-state index in [0.29, 0.717) is 6.04 Å². The van der Waals surface area contributed by atoms with Crippen molar-refractivity contribution in [2.75, 3.05) is 23.3 Å². The Labute approximate surface area is 135 Å². The van der Waals surface area contributed by atoms with Crippen molar-refractivity contribution >= 4 is 17.1 Å². The summed E-state index contributed by atoms with van der Waals surface area (Å²) in [6.45, 7) is 3.84. The first-order valence-electron chi connectivity index (χ1n) is 7.78. The van der Waals surface area contributed by atoms with Crippen molar-refractivity contribution in [3.8, 4) is 0 Å². The lowest BCUT2D eigenvalue weighted by atomic mass is 10.0. The fraction of sp³-hybridized carbons (Fsp3) is 0.438. The van der Waals surface area contributed by atoms with E-state index in [-0.39, 0.29) is 10.6 Å². The van der Waals surface area contributed by atoms with Gasteiger partial charge in [-0.3, -0.25) is 14.8 Å². The molecule has 23 heavy (non-hydrogen) atoms. The average Bonchev–Trinajstić information content (AvgIpc) is 2.96. The highest BCUT2D eigenvalue weighted by Crippen LogP contribution is 2.25. The van der Waals surface area contributed by atoms with Crippen molar-refractivity contribution < 1.29 is 4.92 Å². The third-order valence-corrected chi connectivity index (χ3v) is 4.26. The summed E-state index contributed by atoms with van der Waals surface area (Å²) in [5.41, 5.74) is 3.14. The first kappa shape index (κ1) is 15.3. The molecule has 1 aliphatic heterocycles. The van der Waals surface area contributed by atoms with Crippen molar-refractivity contribution in [2.24, 2.45) is 7.05 Å². The molecule has 1 aromatic heterocycles. The third-order valence-electron chi connectivity index (χ3n) is 4.26. The van der Waals surface area contributed by atoms with E-state index in [4.69, 9.17) is 0 Å². The smallest absolute Gasteiger partial charge is 0.269 e. The van der Waals surface area contributed by atoms with Gasteiger partial charge in [0.05, 0.1) is 16.8 Å². The number of hydrogen-bond donors (Lipinski definition) is 1. The van der Waals surface area contributed by atoms with E-state index < -0.39 is 0 Å². The van der Waals surface area contributed by atoms with E-state index in [1.54, 1.807) is 18.2 Å². The number of piperidine rings is 1. The van der Waals surface area contributed by atoms with Crippen LogP contribution in [0.3, 0.4) is 0 Å². The number of aromatic nitrogens is 2. The van der Waals surface area contributed by atoms with Crippen LogP contribution in [0.15, 0.2) is 30.6 Å². The molecule has 1 aliphatic rings. The maximum absolute atomic E-state index is 10.8. The van der Waals surface area contributed by atoms with Gasteiger partial charge in [0.1, 0.15) is 0 Å². The van der Waals surface area contributed by atoms with Crippen molar-refractivity contribution in [3.05, 3.63) is 46.3 Å². The molecule has 2 heterocycles. The van der Waals surface area contributed by atoms with Crippen LogP contribution >= 0.6 is 0 Å². The standard InChI is InChI=1S/C16H21N5O2/c1-12-8-14(21(22)23)5-6-16(12)18-13-4-3-7-20(10-13)15-9-17-19(2)11-15/h5-6,8-9,11,13,18H,3-4,7,10H2,1-2H3. The Balaban J connectivity index is 1.69. The lowest BCUT2D eigenvalue weighted by Crippen LogP contribution is -2.42. The molecule has 1 fully saturated rings. The summed E-state index contributed by atoms with van der Waals surface area (Å²) in [6, 6.07) is 5.29. The number of rotatable bonds is 4. The van der Waals surface area contributed by atoms with Crippen molar-refractivity contribution in [1.82, 2.24) is 9.78 Å². The van der Waals surface area contributed by atoms with Crippen LogP contribution in [0.1, 0.15) is 18.4 Å². The predicted molar refractivity (Wildman–Crippen MR) is 89.9 cm³/mol. The number of hydrogen-bond acceptors (Lipinski definition) is 5. The summed E-state index contributed by atoms with van der Waals surface area (Å²) >= 11 is 0. The van der Waals surface area contributed by atoms with Crippen LogP contribution in [0, 0.1) is 17.0 Å². The molecule has 0 spiro atoms. The zero-order valence-electron chi connectivity index (χ0n) is 13.4. The minimum absolute atomic E-state index is 0.133. The number of non-ortho nitro benzene ring substituents is 1. The minimum atomic E-state index is -0.360. The van der Waals surface area contributed by atoms with E-state index in [1.165, 1.54) is 0 Å². The van der Waals surface area contributed by atoms with E-state index in [1.807, 2.05) is 31.0 Å². The van der Waals surface area contributed by atoms with Gasteiger partial charge < -0.3 is 10.2 Å². The maximum Gasteiger partial charge on any atom is 0.269 e. The first-order chi connectivity index (χ1) is 11.0. The van der Waals surface area contributed by atoms with Crippen LogP contribution in [0.2, 0.25) is 0 Å². The molecule has 1 aromatic carbocycles. The van der Waals surface area contributed by atoms with Crippen LogP contribution in [0.5, 0.6) is 0 Å². The molecule has 7 heteroatoms. The van der Waals surface area contributed by atoms with Gasteiger partial charge in [0, 0.05) is 50.2 Å². The molecule has 1 unspecified atom stereocenters. The van der Waals surface area contributed by atoms with Gasteiger partial charge in [0.15, 0.2) is 0 Å². The van der Waals surface area contributed by atoms with Gasteiger partial charge in [-0.1, -0.05) is 0 Å². The highest BCUT2D eigenvalue weighted by molar-refractivity contribution is 5.56. The van der Waals surface area contributed by atoms with Crippen LogP contribution in [0.4, 0.5) is 17.1 Å². The number of aryl methyl sites for hydroxylation is 2. The topological polar surface area (TPSA) is 76.2 Å². The van der Waals surface area contributed by atoms with E-state index in [9.17, 15) is 10.1 Å². The van der Waals surface area contributed by atoms with E-state index in [2.05, 4.69) is 15.3 Å². The van der Waals surface area contributed by atoms with Crippen LogP contribution in [-0.4, -0.2) is 33.8 Å². The fourth-order valence-electron chi connectivity index (χ4n) is 3.04. The predicted octanol–water partition coefficient (Wildman–Crippen LogP) is 2.72. The molecule has 0 radical (unpaired) electrons. The fourth-order valence-corrected chi connectivity index (χ4v) is 3.04. The van der Waals surface area contributed by atoms with Gasteiger partial charge in [0.25, 0.3) is 5.69 Å². The largest absolute Gasteiger partial charge is 0.380 e. The van der Waals surface area contributed by atoms with Crippen molar-refractivity contribution in [1.29, 1.82) is 0 Å². The molecule has 2 aromatic rings. The number of nitro benzene ring substituents is 1. The molecule has 122 valence electrons. The molecular weight excluding hydrogens is 294 g/mol. The molecule has 3 rings (SSSR count). The number of nitrogens with one attached hydrogen (secondary N) is 1. The Hall–Kier alpha value is -2.57. The second-order valence-corrected chi connectivity index (χ2v) is 6.06. The molecule has 0 bridgehead atoms. The Morgan fingerprint density at radius 3 is 2.91 bits per heavy atom. The third kappa shape index (κ3) is 3.44. The Kier molecular flexibility index (Phi) is 4.18. The molecule has 0 saturated carbocycles. The summed E-state index contributed by atoms with van der Waals surface area (Å²) in [4.78, 5) is 12.8. The van der Waals surface area contributed by atoms with Gasteiger partial charge in [-0.25, -0.2) is 0 Å². The maximum atomic E-state index is 10.8. The minimum Gasteiger partial charge on any atom is -0.380 e. The molecule has 0 amide bonds. The summed E-state index contributed by atoms with van der Waals surface area (Å²) in [5, 5.41) is 18.6. The number of benzene rings is 1. The molecule has 7 nitrogen and oxygen atoms in total. The molecular formula is C16H21N5O2.